The molecule has 0 fully saturated rings. The minimum Gasteiger partial charge on any atom is -0.408 e. The van der Waals surface area contributed by atoms with Gasteiger partial charge in [0, 0.05) is 22.7 Å². The van der Waals surface area contributed by atoms with Crippen molar-refractivity contribution >= 4 is 22.0 Å². The molecule has 4 rings (SSSR count). The van der Waals surface area contributed by atoms with Crippen LogP contribution >= 0.6 is 0 Å². The molecule has 4 nitrogen and oxygen atoms in total. The smallest absolute Gasteiger partial charge is 0.408 e. The first-order valence-electron chi connectivity index (χ1n) is 6.10. The van der Waals surface area contributed by atoms with Crippen molar-refractivity contribution in [2.75, 3.05) is 0 Å². The number of nitrogens with one attached hydrogen (secondary N) is 2. The zero-order valence-corrected chi connectivity index (χ0v) is 10.2. The molecule has 0 aliphatic rings. The third-order valence-corrected chi connectivity index (χ3v) is 3.37. The van der Waals surface area contributed by atoms with Gasteiger partial charge in [0.1, 0.15) is 5.82 Å². The number of fused-ring (bicyclic) bond motifs is 2. The molecule has 0 saturated carbocycles. The van der Waals surface area contributed by atoms with E-state index in [1.54, 1.807) is 12.1 Å². The van der Waals surface area contributed by atoms with Gasteiger partial charge in [-0.2, -0.15) is 0 Å². The maximum Gasteiger partial charge on any atom is 0.417 e. The summed E-state index contributed by atoms with van der Waals surface area (Å²) in [5.41, 5.74) is 3.77. The molecular formula is C15H9FN2O2. The van der Waals surface area contributed by atoms with E-state index in [-0.39, 0.29) is 5.82 Å². The number of hydrogen-bond donors (Lipinski definition) is 2. The maximum absolute atomic E-state index is 13.2. The fourth-order valence-corrected chi connectivity index (χ4v) is 2.46. The topological polar surface area (TPSA) is 61.8 Å². The Morgan fingerprint density at radius 3 is 2.85 bits per heavy atom. The van der Waals surface area contributed by atoms with Crippen molar-refractivity contribution < 1.29 is 8.81 Å². The van der Waals surface area contributed by atoms with Gasteiger partial charge in [0.25, 0.3) is 0 Å². The zero-order chi connectivity index (χ0) is 13.7. The molecule has 0 atom stereocenters. The van der Waals surface area contributed by atoms with E-state index in [1.807, 2.05) is 18.3 Å². The fourth-order valence-electron chi connectivity index (χ4n) is 2.46. The van der Waals surface area contributed by atoms with Crippen molar-refractivity contribution in [2.45, 2.75) is 0 Å². The van der Waals surface area contributed by atoms with Crippen molar-refractivity contribution in [2.24, 2.45) is 0 Å². The maximum atomic E-state index is 13.2. The van der Waals surface area contributed by atoms with Crippen LogP contribution in [0.4, 0.5) is 4.39 Å². The van der Waals surface area contributed by atoms with Crippen molar-refractivity contribution in [1.82, 2.24) is 9.97 Å². The van der Waals surface area contributed by atoms with Crippen LogP contribution in [0.15, 0.2) is 51.8 Å². The van der Waals surface area contributed by atoms with E-state index in [4.69, 9.17) is 4.42 Å². The third-order valence-electron chi connectivity index (χ3n) is 3.37. The van der Waals surface area contributed by atoms with E-state index >= 15 is 0 Å². The Morgan fingerprint density at radius 2 is 1.95 bits per heavy atom. The molecule has 0 saturated heterocycles. The van der Waals surface area contributed by atoms with Crippen molar-refractivity contribution in [3.8, 4) is 11.1 Å². The van der Waals surface area contributed by atoms with Gasteiger partial charge in [-0.1, -0.05) is 6.07 Å². The molecule has 0 radical (unpaired) electrons. The lowest BCUT2D eigenvalue weighted by atomic mass is 10.0. The van der Waals surface area contributed by atoms with Gasteiger partial charge in [0.2, 0.25) is 0 Å². The minimum absolute atomic E-state index is 0.277. The Bertz CT molecular complexity index is 994. The van der Waals surface area contributed by atoms with E-state index in [9.17, 15) is 9.18 Å². The Morgan fingerprint density at radius 1 is 1.05 bits per heavy atom. The summed E-state index contributed by atoms with van der Waals surface area (Å²) in [6.07, 6.45) is 1.82. The van der Waals surface area contributed by atoms with Gasteiger partial charge in [-0.05, 0) is 35.9 Å². The van der Waals surface area contributed by atoms with Gasteiger partial charge in [0.05, 0.1) is 5.52 Å². The number of oxazole rings is 1. The Balaban J connectivity index is 1.98. The number of hydrogen-bond acceptors (Lipinski definition) is 2. The van der Waals surface area contributed by atoms with Gasteiger partial charge < -0.3 is 9.40 Å². The first-order chi connectivity index (χ1) is 9.70. The normalized spacial score (nSPS) is 11.4. The van der Waals surface area contributed by atoms with Gasteiger partial charge in [-0.25, -0.2) is 9.18 Å². The molecule has 0 aliphatic carbocycles. The van der Waals surface area contributed by atoms with Crippen LogP contribution in [-0.4, -0.2) is 9.97 Å². The molecule has 0 unspecified atom stereocenters. The Labute approximate surface area is 111 Å². The van der Waals surface area contributed by atoms with Crippen LogP contribution < -0.4 is 5.76 Å². The van der Waals surface area contributed by atoms with E-state index in [0.717, 1.165) is 22.0 Å². The lowest BCUT2D eigenvalue weighted by Gasteiger charge is -1.99. The molecule has 5 heteroatoms. The van der Waals surface area contributed by atoms with Crippen LogP contribution in [0.3, 0.4) is 0 Å². The molecule has 20 heavy (non-hydrogen) atoms. The molecule has 98 valence electrons. The lowest BCUT2D eigenvalue weighted by Crippen LogP contribution is -1.92. The van der Waals surface area contributed by atoms with Crippen LogP contribution in [0.5, 0.6) is 0 Å². The van der Waals surface area contributed by atoms with Crippen LogP contribution in [0.1, 0.15) is 0 Å². The highest BCUT2D eigenvalue weighted by molar-refractivity contribution is 5.97. The van der Waals surface area contributed by atoms with Crippen LogP contribution in [0.2, 0.25) is 0 Å². The van der Waals surface area contributed by atoms with Crippen molar-refractivity contribution in [3.05, 3.63) is 59.0 Å². The van der Waals surface area contributed by atoms with E-state index in [0.29, 0.717) is 11.1 Å². The summed E-state index contributed by atoms with van der Waals surface area (Å²) in [5.74, 6) is -0.751. The standard InChI is InChI=1S/C15H9FN2O2/c16-9-2-3-10-11(7-17-12(10)6-9)8-1-4-14-13(5-8)18-15(19)20-14/h1-7,17H,(H,18,19). The fraction of sp³-hybridized carbons (Fsp3) is 0. The first kappa shape index (κ1) is 11.0. The number of H-pyrrole nitrogens is 2. The molecule has 0 bridgehead atoms. The second kappa shape index (κ2) is 3.84. The number of benzene rings is 2. The van der Waals surface area contributed by atoms with Crippen LogP contribution in [-0.2, 0) is 0 Å². The van der Waals surface area contributed by atoms with E-state index in [1.165, 1.54) is 12.1 Å². The second-order valence-electron chi connectivity index (χ2n) is 4.62. The van der Waals surface area contributed by atoms with Gasteiger partial charge in [-0.3, -0.25) is 4.98 Å². The minimum atomic E-state index is -0.474. The quantitative estimate of drug-likeness (QED) is 0.555. The number of halogens is 1. The average Bonchev–Trinajstić information content (AvgIpc) is 2.99. The Kier molecular flexibility index (Phi) is 2.12. The molecule has 0 spiro atoms. The highest BCUT2D eigenvalue weighted by Gasteiger charge is 2.09. The molecule has 2 aromatic carbocycles. The number of aromatic nitrogens is 2. The first-order valence-corrected chi connectivity index (χ1v) is 6.10. The summed E-state index contributed by atoms with van der Waals surface area (Å²) < 4.78 is 18.2. The highest BCUT2D eigenvalue weighted by Crippen LogP contribution is 2.30. The highest BCUT2D eigenvalue weighted by atomic mass is 19.1. The van der Waals surface area contributed by atoms with Crippen LogP contribution in [0, 0.1) is 5.82 Å². The summed E-state index contributed by atoms with van der Waals surface area (Å²) in [6, 6.07) is 10.1. The summed E-state index contributed by atoms with van der Waals surface area (Å²) in [5, 5.41) is 0.927. The van der Waals surface area contributed by atoms with Gasteiger partial charge in [-0.15, -0.1) is 0 Å². The molecule has 2 aromatic heterocycles. The SMILES string of the molecule is O=c1[nH]c2cc(-c3c[nH]c4cc(F)ccc34)ccc2o1. The van der Waals surface area contributed by atoms with Gasteiger partial charge in [0.15, 0.2) is 5.58 Å². The summed E-state index contributed by atoms with van der Waals surface area (Å²) >= 11 is 0. The predicted molar refractivity (Wildman–Crippen MR) is 74.1 cm³/mol. The summed E-state index contributed by atoms with van der Waals surface area (Å²) in [4.78, 5) is 16.8. The lowest BCUT2D eigenvalue weighted by molar-refractivity contribution is 0.555. The molecule has 0 aliphatic heterocycles. The van der Waals surface area contributed by atoms with Crippen molar-refractivity contribution in [1.29, 1.82) is 0 Å². The third kappa shape index (κ3) is 1.56. The molecule has 2 N–H and O–H groups in total. The van der Waals surface area contributed by atoms with Crippen LogP contribution in [0.25, 0.3) is 33.1 Å². The second-order valence-corrected chi connectivity index (χ2v) is 4.62. The molecular weight excluding hydrogens is 259 g/mol. The largest absolute Gasteiger partial charge is 0.417 e. The molecule has 0 amide bonds. The number of aromatic amines is 2. The molecule has 4 aromatic rings. The zero-order valence-electron chi connectivity index (χ0n) is 10.2. The monoisotopic (exact) mass is 268 g/mol. The molecule has 2 heterocycles. The average molecular weight is 268 g/mol. The summed E-state index contributed by atoms with van der Waals surface area (Å²) in [6.45, 7) is 0. The van der Waals surface area contributed by atoms with E-state index < -0.39 is 5.76 Å². The summed E-state index contributed by atoms with van der Waals surface area (Å²) in [7, 11) is 0. The number of rotatable bonds is 1. The Hall–Kier alpha value is -2.82. The van der Waals surface area contributed by atoms with Gasteiger partial charge >= 0.3 is 5.76 Å². The van der Waals surface area contributed by atoms with Crippen molar-refractivity contribution in [3.63, 3.8) is 0 Å². The van der Waals surface area contributed by atoms with E-state index in [2.05, 4.69) is 9.97 Å². The predicted octanol–water partition coefficient (Wildman–Crippen LogP) is 3.41.